The first-order valence-electron chi connectivity index (χ1n) is 10.1. The van der Waals surface area contributed by atoms with Gasteiger partial charge in [-0.25, -0.2) is 9.98 Å². The number of aliphatic imine (C=N–C) groups is 1. The zero-order valence-electron chi connectivity index (χ0n) is 17.3. The van der Waals surface area contributed by atoms with Gasteiger partial charge in [0.2, 0.25) is 5.88 Å². The fraction of sp³-hybridized carbons (Fsp3) is 0.455. The van der Waals surface area contributed by atoms with Gasteiger partial charge in [-0.3, -0.25) is 4.90 Å². The molecule has 2 heterocycles. The van der Waals surface area contributed by atoms with Crippen molar-refractivity contribution in [1.29, 1.82) is 0 Å². The highest BCUT2D eigenvalue weighted by Crippen LogP contribution is 2.19. The monoisotopic (exact) mass is 509 g/mol. The number of hydrogen-bond acceptors (Lipinski definition) is 4. The van der Waals surface area contributed by atoms with Gasteiger partial charge in [-0.15, -0.1) is 24.0 Å². The predicted molar refractivity (Wildman–Crippen MR) is 129 cm³/mol. The van der Waals surface area contributed by atoms with Crippen LogP contribution in [0, 0.1) is 0 Å². The van der Waals surface area contributed by atoms with Gasteiger partial charge in [0.15, 0.2) is 5.96 Å². The predicted octanol–water partition coefficient (Wildman–Crippen LogP) is 3.43. The summed E-state index contributed by atoms with van der Waals surface area (Å²) in [6.07, 6.45) is 4.23. The lowest BCUT2D eigenvalue weighted by Crippen LogP contribution is -2.44. The average molecular weight is 509 g/mol. The van der Waals surface area contributed by atoms with Gasteiger partial charge in [0.1, 0.15) is 0 Å². The molecule has 1 aromatic heterocycles. The summed E-state index contributed by atoms with van der Waals surface area (Å²) in [5.41, 5.74) is 2.46. The molecule has 1 aliphatic heterocycles. The Labute approximate surface area is 191 Å². The second-order valence-electron chi connectivity index (χ2n) is 7.03. The average Bonchev–Trinajstić information content (AvgIpc) is 3.18. The van der Waals surface area contributed by atoms with E-state index in [1.54, 1.807) is 13.3 Å². The van der Waals surface area contributed by atoms with E-state index in [4.69, 9.17) is 9.73 Å². The van der Waals surface area contributed by atoms with Crippen LogP contribution in [0.4, 0.5) is 0 Å². The van der Waals surface area contributed by atoms with Crippen molar-refractivity contribution in [3.05, 3.63) is 59.8 Å². The Morgan fingerprint density at radius 3 is 2.79 bits per heavy atom. The highest BCUT2D eigenvalue weighted by molar-refractivity contribution is 14.0. The van der Waals surface area contributed by atoms with Crippen LogP contribution in [0.5, 0.6) is 5.88 Å². The molecular weight excluding hydrogens is 477 g/mol. The third kappa shape index (κ3) is 7.47. The number of benzene rings is 1. The van der Waals surface area contributed by atoms with E-state index in [1.165, 1.54) is 18.4 Å². The van der Waals surface area contributed by atoms with E-state index < -0.39 is 0 Å². The van der Waals surface area contributed by atoms with E-state index in [-0.39, 0.29) is 24.0 Å². The Hall–Kier alpha value is -1.87. The van der Waals surface area contributed by atoms with Crippen molar-refractivity contribution < 1.29 is 4.74 Å². The molecule has 1 aliphatic rings. The van der Waals surface area contributed by atoms with Gasteiger partial charge in [0.05, 0.1) is 13.7 Å². The Kier molecular flexibility index (Phi) is 10.2. The Bertz CT molecular complexity index is 756. The zero-order valence-corrected chi connectivity index (χ0v) is 19.6. The quantitative estimate of drug-likeness (QED) is 0.325. The standard InChI is InChI=1S/C22H31N5O.HI/c1-3-23-22(25-15-19-11-12-24-21(14-19)28-2)26-16-20-10-7-13-27(20)17-18-8-5-4-6-9-18;/h4-6,8-9,11-12,14,20H,3,7,10,13,15-17H2,1-2H3,(H2,23,25,26);1H. The molecule has 1 fully saturated rings. The summed E-state index contributed by atoms with van der Waals surface area (Å²) in [7, 11) is 1.63. The number of methoxy groups -OCH3 is 1. The summed E-state index contributed by atoms with van der Waals surface area (Å²) in [6.45, 7) is 6.59. The SMILES string of the molecule is CCNC(=NCc1ccnc(OC)c1)NCC1CCCN1Cc1ccccc1.I. The molecule has 0 bridgehead atoms. The van der Waals surface area contributed by atoms with Gasteiger partial charge in [-0.1, -0.05) is 30.3 Å². The maximum Gasteiger partial charge on any atom is 0.213 e. The van der Waals surface area contributed by atoms with Crippen LogP contribution in [0.2, 0.25) is 0 Å². The van der Waals surface area contributed by atoms with Crippen molar-refractivity contribution in [2.45, 2.75) is 38.9 Å². The minimum Gasteiger partial charge on any atom is -0.481 e. The molecule has 0 amide bonds. The van der Waals surface area contributed by atoms with Crippen LogP contribution in [-0.2, 0) is 13.1 Å². The van der Waals surface area contributed by atoms with Crippen LogP contribution < -0.4 is 15.4 Å². The summed E-state index contributed by atoms with van der Waals surface area (Å²) in [5.74, 6) is 1.47. The largest absolute Gasteiger partial charge is 0.481 e. The minimum absolute atomic E-state index is 0. The van der Waals surface area contributed by atoms with E-state index in [2.05, 4.69) is 57.8 Å². The molecule has 7 heteroatoms. The second kappa shape index (κ2) is 12.6. The molecule has 1 aromatic carbocycles. The summed E-state index contributed by atoms with van der Waals surface area (Å²) in [4.78, 5) is 11.4. The van der Waals surface area contributed by atoms with Crippen molar-refractivity contribution in [1.82, 2.24) is 20.5 Å². The Morgan fingerprint density at radius 2 is 2.03 bits per heavy atom. The fourth-order valence-electron chi connectivity index (χ4n) is 3.54. The van der Waals surface area contributed by atoms with E-state index in [0.717, 1.165) is 37.7 Å². The van der Waals surface area contributed by atoms with Crippen molar-refractivity contribution >= 4 is 29.9 Å². The number of nitrogens with zero attached hydrogens (tertiary/aromatic N) is 3. The number of guanidine groups is 1. The zero-order chi connectivity index (χ0) is 19.6. The first-order chi connectivity index (χ1) is 13.8. The molecule has 2 aromatic rings. The number of rotatable bonds is 8. The normalized spacial score (nSPS) is 16.9. The van der Waals surface area contributed by atoms with E-state index in [0.29, 0.717) is 18.5 Å². The first kappa shape index (κ1) is 23.4. The van der Waals surface area contributed by atoms with Gasteiger partial charge in [0.25, 0.3) is 0 Å². The van der Waals surface area contributed by atoms with Crippen LogP contribution in [0.25, 0.3) is 0 Å². The number of aromatic nitrogens is 1. The molecule has 0 saturated carbocycles. The molecule has 3 rings (SSSR count). The number of halogens is 1. The number of likely N-dealkylation sites (tertiary alicyclic amines) is 1. The molecule has 29 heavy (non-hydrogen) atoms. The molecule has 0 aliphatic carbocycles. The molecule has 6 nitrogen and oxygen atoms in total. The lowest BCUT2D eigenvalue weighted by atomic mass is 10.2. The smallest absolute Gasteiger partial charge is 0.213 e. The van der Waals surface area contributed by atoms with Crippen molar-refractivity contribution in [3.8, 4) is 5.88 Å². The maximum absolute atomic E-state index is 5.19. The van der Waals surface area contributed by atoms with Crippen molar-refractivity contribution in [2.24, 2.45) is 4.99 Å². The van der Waals surface area contributed by atoms with Crippen LogP contribution in [0.3, 0.4) is 0 Å². The topological polar surface area (TPSA) is 61.8 Å². The Morgan fingerprint density at radius 1 is 1.21 bits per heavy atom. The summed E-state index contributed by atoms with van der Waals surface area (Å²) >= 11 is 0. The fourth-order valence-corrected chi connectivity index (χ4v) is 3.54. The number of hydrogen-bond donors (Lipinski definition) is 2. The lowest BCUT2D eigenvalue weighted by molar-refractivity contribution is 0.245. The van der Waals surface area contributed by atoms with Crippen LogP contribution in [-0.4, -0.2) is 48.6 Å². The maximum atomic E-state index is 5.19. The van der Waals surface area contributed by atoms with Crippen molar-refractivity contribution in [3.63, 3.8) is 0 Å². The number of nitrogens with one attached hydrogen (secondary N) is 2. The van der Waals surface area contributed by atoms with Gasteiger partial charge in [0, 0.05) is 37.9 Å². The molecule has 0 spiro atoms. The molecule has 0 radical (unpaired) electrons. The van der Waals surface area contributed by atoms with Gasteiger partial charge in [-0.2, -0.15) is 0 Å². The summed E-state index contributed by atoms with van der Waals surface area (Å²) in [6, 6.07) is 15.1. The third-order valence-electron chi connectivity index (χ3n) is 5.01. The molecule has 158 valence electrons. The lowest BCUT2D eigenvalue weighted by Gasteiger charge is -2.25. The van der Waals surface area contributed by atoms with E-state index in [1.807, 2.05) is 12.1 Å². The highest BCUT2D eigenvalue weighted by atomic mass is 127. The second-order valence-corrected chi connectivity index (χ2v) is 7.03. The first-order valence-corrected chi connectivity index (χ1v) is 10.1. The van der Waals surface area contributed by atoms with Gasteiger partial charge >= 0.3 is 0 Å². The van der Waals surface area contributed by atoms with Crippen LogP contribution in [0.1, 0.15) is 30.9 Å². The molecule has 1 atom stereocenters. The van der Waals surface area contributed by atoms with Crippen LogP contribution in [0.15, 0.2) is 53.7 Å². The number of ether oxygens (including phenoxy) is 1. The Balaban J connectivity index is 0.00000300. The molecule has 1 unspecified atom stereocenters. The highest BCUT2D eigenvalue weighted by Gasteiger charge is 2.24. The third-order valence-corrected chi connectivity index (χ3v) is 5.01. The number of pyridine rings is 1. The molecule has 2 N–H and O–H groups in total. The summed E-state index contributed by atoms with van der Waals surface area (Å²) < 4.78 is 5.19. The van der Waals surface area contributed by atoms with E-state index in [9.17, 15) is 0 Å². The summed E-state index contributed by atoms with van der Waals surface area (Å²) in [5, 5.41) is 6.87. The molecule has 1 saturated heterocycles. The molecular formula is C22H32IN5O. The van der Waals surface area contributed by atoms with E-state index >= 15 is 0 Å². The van der Waals surface area contributed by atoms with Crippen LogP contribution >= 0.6 is 24.0 Å². The van der Waals surface area contributed by atoms with Gasteiger partial charge in [-0.05, 0) is 43.5 Å². The van der Waals surface area contributed by atoms with Gasteiger partial charge < -0.3 is 15.4 Å². The van der Waals surface area contributed by atoms with Crippen molar-refractivity contribution in [2.75, 3.05) is 26.7 Å². The minimum atomic E-state index is 0.